The van der Waals surface area contributed by atoms with Gasteiger partial charge >= 0.3 is 0 Å². The predicted molar refractivity (Wildman–Crippen MR) is 111 cm³/mol. The molecule has 0 bridgehead atoms. The van der Waals surface area contributed by atoms with E-state index in [1.165, 1.54) is 4.88 Å². The lowest BCUT2D eigenvalue weighted by molar-refractivity contribution is 0.0882. The number of benzene rings is 2. The van der Waals surface area contributed by atoms with E-state index in [2.05, 4.69) is 16.3 Å². The van der Waals surface area contributed by atoms with Crippen LogP contribution in [0.1, 0.15) is 26.4 Å². The third-order valence-electron chi connectivity index (χ3n) is 5.34. The zero-order valence-electron chi connectivity index (χ0n) is 15.9. The molecule has 0 saturated heterocycles. The first-order valence-corrected chi connectivity index (χ1v) is 10.5. The molecule has 0 N–H and O–H groups in total. The predicted octanol–water partition coefficient (Wildman–Crippen LogP) is 4.45. The van der Waals surface area contributed by atoms with Gasteiger partial charge in [0.25, 0.3) is 0 Å². The van der Waals surface area contributed by atoms with Crippen molar-refractivity contribution >= 4 is 23.2 Å². The van der Waals surface area contributed by atoms with Gasteiger partial charge in [0, 0.05) is 18.0 Å². The third-order valence-corrected chi connectivity index (χ3v) is 6.20. The zero-order valence-corrected chi connectivity index (χ0v) is 16.7. The highest BCUT2D eigenvalue weighted by Gasteiger charge is 2.33. The molecule has 3 aliphatic heterocycles. The Balaban J connectivity index is 1.30. The molecule has 6 nitrogen and oxygen atoms in total. The van der Waals surface area contributed by atoms with Crippen molar-refractivity contribution in [1.82, 2.24) is 4.90 Å². The number of Topliss-reactive ketones (excluding diaryl/α,β-unsaturated/α-hetero) is 1. The smallest absolute Gasteiger partial charge is 0.231 e. The monoisotopic (exact) mass is 419 g/mol. The summed E-state index contributed by atoms with van der Waals surface area (Å²) in [6.45, 7) is 2.19. The van der Waals surface area contributed by atoms with Crippen molar-refractivity contribution < 1.29 is 23.7 Å². The van der Waals surface area contributed by atoms with Crippen molar-refractivity contribution in [3.63, 3.8) is 0 Å². The van der Waals surface area contributed by atoms with Gasteiger partial charge in [0.1, 0.15) is 18.2 Å². The number of nitrogens with zero attached hydrogens (tertiary/aromatic N) is 1. The molecule has 7 heteroatoms. The first kappa shape index (κ1) is 17.6. The second-order valence-corrected chi connectivity index (χ2v) is 8.34. The normalized spacial score (nSPS) is 18.1. The summed E-state index contributed by atoms with van der Waals surface area (Å²) in [6.07, 6.45) is 1.74. The fraction of sp³-hybridized carbons (Fsp3) is 0.174. The first-order valence-electron chi connectivity index (χ1n) is 9.62. The Bertz CT molecular complexity index is 1180. The van der Waals surface area contributed by atoms with Crippen LogP contribution in [0, 0.1) is 0 Å². The Labute approximate surface area is 176 Å². The van der Waals surface area contributed by atoms with E-state index in [1.807, 2.05) is 30.3 Å². The molecule has 0 atom stereocenters. The Hall–Kier alpha value is -3.29. The van der Waals surface area contributed by atoms with Crippen molar-refractivity contribution in [2.75, 3.05) is 13.5 Å². The molecule has 3 aromatic rings. The molecule has 0 fully saturated rings. The van der Waals surface area contributed by atoms with Crippen LogP contribution in [0.25, 0.3) is 6.08 Å². The summed E-state index contributed by atoms with van der Waals surface area (Å²) in [7, 11) is 0. The fourth-order valence-electron chi connectivity index (χ4n) is 3.88. The number of fused-ring (bicyclic) bond motifs is 4. The van der Waals surface area contributed by atoms with Gasteiger partial charge in [-0.05, 0) is 47.4 Å². The van der Waals surface area contributed by atoms with E-state index in [4.69, 9.17) is 18.9 Å². The third kappa shape index (κ3) is 2.94. The van der Waals surface area contributed by atoms with Crippen molar-refractivity contribution in [1.29, 1.82) is 0 Å². The molecule has 1 aromatic heterocycles. The van der Waals surface area contributed by atoms with Crippen LogP contribution in [0.15, 0.2) is 53.6 Å². The molecular weight excluding hydrogens is 402 g/mol. The second kappa shape index (κ2) is 6.90. The lowest BCUT2D eigenvalue weighted by Gasteiger charge is -2.29. The quantitative estimate of drug-likeness (QED) is 0.585. The molecule has 150 valence electrons. The van der Waals surface area contributed by atoms with E-state index in [0.717, 1.165) is 23.4 Å². The van der Waals surface area contributed by atoms with Crippen LogP contribution in [0.5, 0.6) is 23.0 Å². The van der Waals surface area contributed by atoms with E-state index in [0.29, 0.717) is 41.8 Å². The molecule has 2 aromatic carbocycles. The molecule has 0 aliphatic carbocycles. The van der Waals surface area contributed by atoms with Crippen LogP contribution in [0.3, 0.4) is 0 Å². The van der Waals surface area contributed by atoms with Crippen LogP contribution >= 0.6 is 11.3 Å². The zero-order chi connectivity index (χ0) is 20.1. The summed E-state index contributed by atoms with van der Waals surface area (Å²) >= 11 is 1.72. The molecule has 0 radical (unpaired) electrons. The maximum absolute atomic E-state index is 13.0. The second-order valence-electron chi connectivity index (χ2n) is 7.31. The van der Waals surface area contributed by atoms with Crippen LogP contribution < -0.4 is 18.9 Å². The average Bonchev–Trinajstić information content (AvgIpc) is 3.50. The minimum atomic E-state index is -0.124. The number of hydrogen-bond donors (Lipinski definition) is 0. The summed E-state index contributed by atoms with van der Waals surface area (Å²) in [6, 6.07) is 13.4. The largest absolute Gasteiger partial charge is 0.478 e. The summed E-state index contributed by atoms with van der Waals surface area (Å²) in [5.74, 6) is 2.92. The number of hydrogen-bond acceptors (Lipinski definition) is 7. The highest BCUT2D eigenvalue weighted by atomic mass is 32.1. The number of rotatable bonds is 3. The number of allylic oxidation sites excluding steroid dienone is 1. The van der Waals surface area contributed by atoms with Crippen molar-refractivity contribution in [3.05, 3.63) is 75.2 Å². The van der Waals surface area contributed by atoms with Crippen LogP contribution in [-0.4, -0.2) is 24.2 Å². The van der Waals surface area contributed by atoms with Gasteiger partial charge in [0.2, 0.25) is 12.6 Å². The Morgan fingerprint density at radius 3 is 2.83 bits per heavy atom. The van der Waals surface area contributed by atoms with E-state index in [9.17, 15) is 4.79 Å². The van der Waals surface area contributed by atoms with E-state index in [1.54, 1.807) is 23.5 Å². The van der Waals surface area contributed by atoms with E-state index < -0.39 is 0 Å². The van der Waals surface area contributed by atoms with Gasteiger partial charge in [-0.1, -0.05) is 12.1 Å². The number of thiophene rings is 1. The molecule has 0 unspecified atom stereocenters. The van der Waals surface area contributed by atoms with Crippen molar-refractivity contribution in [2.45, 2.75) is 13.1 Å². The Morgan fingerprint density at radius 2 is 1.93 bits per heavy atom. The van der Waals surface area contributed by atoms with Crippen molar-refractivity contribution in [2.24, 2.45) is 0 Å². The number of carbonyl (C=O) groups excluding carboxylic acids is 1. The lowest BCUT2D eigenvalue weighted by atomic mass is 10.0. The molecule has 3 aliphatic rings. The maximum atomic E-state index is 13.0. The SMILES string of the molecule is O=C1/C(=C/c2ccc3c(c2)OCO3)Oc2c1ccc1c2CN(Cc2cccs2)CO1. The number of carbonyl (C=O) groups is 1. The lowest BCUT2D eigenvalue weighted by Crippen LogP contribution is -2.31. The highest BCUT2D eigenvalue weighted by Crippen LogP contribution is 2.42. The van der Waals surface area contributed by atoms with Gasteiger partial charge in [-0.25, -0.2) is 0 Å². The van der Waals surface area contributed by atoms with Gasteiger partial charge in [0.15, 0.2) is 17.3 Å². The molecule has 30 heavy (non-hydrogen) atoms. The molecule has 0 saturated carbocycles. The minimum absolute atomic E-state index is 0.124. The van der Waals surface area contributed by atoms with E-state index >= 15 is 0 Å². The van der Waals surface area contributed by atoms with Crippen LogP contribution in [0.4, 0.5) is 0 Å². The average molecular weight is 419 g/mol. The molecule has 6 rings (SSSR count). The summed E-state index contributed by atoms with van der Waals surface area (Å²) < 4.78 is 22.8. The van der Waals surface area contributed by atoms with Gasteiger partial charge in [0.05, 0.1) is 11.1 Å². The fourth-order valence-corrected chi connectivity index (χ4v) is 4.63. The molecule has 0 spiro atoms. The van der Waals surface area contributed by atoms with Gasteiger partial charge in [-0.2, -0.15) is 0 Å². The van der Waals surface area contributed by atoms with E-state index in [-0.39, 0.29) is 12.6 Å². The number of ether oxygens (including phenoxy) is 4. The maximum Gasteiger partial charge on any atom is 0.231 e. The minimum Gasteiger partial charge on any atom is -0.478 e. The summed E-state index contributed by atoms with van der Waals surface area (Å²) in [4.78, 5) is 16.4. The molecule has 4 heterocycles. The first-order chi connectivity index (χ1) is 14.7. The van der Waals surface area contributed by atoms with Crippen LogP contribution in [0.2, 0.25) is 0 Å². The summed E-state index contributed by atoms with van der Waals surface area (Å²) in [5.41, 5.74) is 2.31. The van der Waals surface area contributed by atoms with Gasteiger partial charge in [-0.3, -0.25) is 9.69 Å². The highest BCUT2D eigenvalue weighted by molar-refractivity contribution is 7.09. The van der Waals surface area contributed by atoms with Crippen LogP contribution in [-0.2, 0) is 13.1 Å². The standard InChI is InChI=1S/C23H17NO5S/c25-22-16-4-6-18-17(11-24(12-26-18)10-15-2-1-7-30-15)23(16)29-21(22)9-14-3-5-19-20(8-14)28-13-27-19/h1-9H,10-13H2/b21-9-. The van der Waals surface area contributed by atoms with Gasteiger partial charge in [-0.15, -0.1) is 11.3 Å². The summed E-state index contributed by atoms with van der Waals surface area (Å²) in [5, 5.41) is 2.07. The van der Waals surface area contributed by atoms with Crippen molar-refractivity contribution in [3.8, 4) is 23.0 Å². The topological polar surface area (TPSA) is 57.2 Å². The molecule has 0 amide bonds. The molecular formula is C23H17NO5S. The van der Waals surface area contributed by atoms with Gasteiger partial charge < -0.3 is 18.9 Å². The Kier molecular flexibility index (Phi) is 4.04. The Morgan fingerprint density at radius 1 is 1.03 bits per heavy atom. The number of ketones is 1.